The van der Waals surface area contributed by atoms with Gasteiger partial charge in [0.05, 0.1) is 12.3 Å². The van der Waals surface area contributed by atoms with Gasteiger partial charge in [0.25, 0.3) is 5.91 Å². The third-order valence-electron chi connectivity index (χ3n) is 5.27. The van der Waals surface area contributed by atoms with Crippen molar-refractivity contribution < 1.29 is 23.9 Å². The van der Waals surface area contributed by atoms with E-state index in [1.54, 1.807) is 24.3 Å². The predicted molar refractivity (Wildman–Crippen MR) is 129 cm³/mol. The summed E-state index contributed by atoms with van der Waals surface area (Å²) in [6.45, 7) is 6.73. The van der Waals surface area contributed by atoms with Gasteiger partial charge in [0, 0.05) is 18.8 Å². The summed E-state index contributed by atoms with van der Waals surface area (Å²) in [7, 11) is 0. The normalized spacial score (nSPS) is 15.2. The molecule has 0 saturated carbocycles. The molecule has 0 radical (unpaired) electrons. The van der Waals surface area contributed by atoms with E-state index in [0.717, 1.165) is 35.2 Å². The molecule has 3 N–H and O–H groups in total. The summed E-state index contributed by atoms with van der Waals surface area (Å²) in [4.78, 5) is 36.0. The van der Waals surface area contributed by atoms with Crippen molar-refractivity contribution in [3.05, 3.63) is 58.7 Å². The second-order valence-electron chi connectivity index (χ2n) is 8.23. The van der Waals surface area contributed by atoms with Crippen LogP contribution in [0.4, 0.5) is 5.69 Å². The maximum Gasteiger partial charge on any atom is 0.329 e. The van der Waals surface area contributed by atoms with Gasteiger partial charge in [-0.2, -0.15) is 5.10 Å². The third kappa shape index (κ3) is 7.41. The minimum atomic E-state index is -0.861. The zero-order valence-electron chi connectivity index (χ0n) is 19.6. The molecular weight excluding hydrogens is 436 g/mol. The van der Waals surface area contributed by atoms with Gasteiger partial charge in [-0.15, -0.1) is 0 Å². The van der Waals surface area contributed by atoms with Crippen LogP contribution in [0.1, 0.15) is 35.1 Å². The maximum atomic E-state index is 12.4. The van der Waals surface area contributed by atoms with Crippen molar-refractivity contribution >= 4 is 29.6 Å². The quantitative estimate of drug-likeness (QED) is 0.314. The first kappa shape index (κ1) is 24.9. The lowest BCUT2D eigenvalue weighted by Gasteiger charge is -2.13. The van der Waals surface area contributed by atoms with E-state index < -0.39 is 11.8 Å². The number of benzene rings is 2. The highest BCUT2D eigenvalue weighted by molar-refractivity contribution is 6.35. The lowest BCUT2D eigenvalue weighted by molar-refractivity contribution is -0.139. The number of hydrogen-bond donors (Lipinski definition) is 3. The summed E-state index contributed by atoms with van der Waals surface area (Å²) in [5.41, 5.74) is 6.73. The number of hydrazone groups is 1. The molecule has 1 atom stereocenters. The highest BCUT2D eigenvalue weighted by atomic mass is 16.5. The first-order valence-electron chi connectivity index (χ1n) is 11.1. The number of carbonyl (C=O) groups excluding carboxylic acids is 3. The highest BCUT2D eigenvalue weighted by Crippen LogP contribution is 2.22. The van der Waals surface area contributed by atoms with E-state index in [1.807, 2.05) is 32.9 Å². The average Bonchev–Trinajstić information content (AvgIpc) is 3.32. The molecule has 0 bridgehead atoms. The molecule has 1 heterocycles. The van der Waals surface area contributed by atoms with Crippen LogP contribution >= 0.6 is 0 Å². The number of aryl methyl sites for hydroxylation is 3. The minimum absolute atomic E-state index is 0.0463. The van der Waals surface area contributed by atoms with E-state index in [4.69, 9.17) is 9.47 Å². The molecule has 3 rings (SSSR count). The third-order valence-corrected chi connectivity index (χ3v) is 5.27. The number of nitrogens with zero attached hydrogens (tertiary/aromatic N) is 1. The molecule has 9 nitrogen and oxygen atoms in total. The van der Waals surface area contributed by atoms with Gasteiger partial charge in [0.2, 0.25) is 0 Å². The number of nitrogens with one attached hydrogen (secondary N) is 3. The van der Waals surface area contributed by atoms with Crippen LogP contribution in [0.5, 0.6) is 5.75 Å². The SMILES string of the molecule is Cc1cc(C)c(NC(=O)COc2cccc(/C=N\NC(=O)C(=O)NC[C@@H]3CCCO3)c2)c(C)c1. The summed E-state index contributed by atoms with van der Waals surface area (Å²) >= 11 is 0. The van der Waals surface area contributed by atoms with Crippen molar-refractivity contribution in [3.8, 4) is 5.75 Å². The highest BCUT2D eigenvalue weighted by Gasteiger charge is 2.19. The van der Waals surface area contributed by atoms with Crippen LogP contribution < -0.4 is 20.8 Å². The lowest BCUT2D eigenvalue weighted by atomic mass is 10.1. The predicted octanol–water partition coefficient (Wildman–Crippen LogP) is 2.37. The van der Waals surface area contributed by atoms with Crippen LogP contribution in [0.25, 0.3) is 0 Å². The van der Waals surface area contributed by atoms with Gasteiger partial charge in [-0.05, 0) is 62.4 Å². The van der Waals surface area contributed by atoms with Gasteiger partial charge in [-0.3, -0.25) is 14.4 Å². The van der Waals surface area contributed by atoms with Crippen LogP contribution in [-0.4, -0.2) is 49.8 Å². The Morgan fingerprint density at radius 1 is 1.12 bits per heavy atom. The topological polar surface area (TPSA) is 118 Å². The van der Waals surface area contributed by atoms with Gasteiger partial charge in [-0.25, -0.2) is 5.43 Å². The number of carbonyl (C=O) groups is 3. The fourth-order valence-electron chi connectivity index (χ4n) is 3.69. The van der Waals surface area contributed by atoms with E-state index in [9.17, 15) is 14.4 Å². The molecule has 2 aromatic rings. The summed E-state index contributed by atoms with van der Waals surface area (Å²) in [6, 6.07) is 10.9. The summed E-state index contributed by atoms with van der Waals surface area (Å²) in [6.07, 6.45) is 3.16. The molecule has 34 heavy (non-hydrogen) atoms. The molecule has 0 aromatic heterocycles. The molecule has 2 aromatic carbocycles. The molecule has 1 fully saturated rings. The summed E-state index contributed by atoms with van der Waals surface area (Å²) < 4.78 is 11.0. The zero-order chi connectivity index (χ0) is 24.5. The number of rotatable bonds is 8. The first-order chi connectivity index (χ1) is 16.3. The van der Waals surface area contributed by atoms with Crippen molar-refractivity contribution in [1.29, 1.82) is 0 Å². The van der Waals surface area contributed by atoms with Gasteiger partial charge in [-0.1, -0.05) is 29.8 Å². The van der Waals surface area contributed by atoms with Gasteiger partial charge in [0.15, 0.2) is 6.61 Å². The van der Waals surface area contributed by atoms with Crippen molar-refractivity contribution in [2.45, 2.75) is 39.7 Å². The van der Waals surface area contributed by atoms with Gasteiger partial charge < -0.3 is 20.1 Å². The minimum Gasteiger partial charge on any atom is -0.484 e. The van der Waals surface area contributed by atoms with Crippen molar-refractivity contribution in [1.82, 2.24) is 10.7 Å². The number of anilines is 1. The molecule has 9 heteroatoms. The maximum absolute atomic E-state index is 12.4. The van der Waals surface area contributed by atoms with Crippen LogP contribution in [0.15, 0.2) is 41.5 Å². The zero-order valence-corrected chi connectivity index (χ0v) is 19.6. The van der Waals surface area contributed by atoms with Crippen molar-refractivity contribution in [2.75, 3.05) is 25.1 Å². The van der Waals surface area contributed by atoms with Crippen molar-refractivity contribution in [3.63, 3.8) is 0 Å². The Bertz CT molecular complexity index is 1050. The largest absolute Gasteiger partial charge is 0.484 e. The number of hydrogen-bond acceptors (Lipinski definition) is 6. The van der Waals surface area contributed by atoms with E-state index in [0.29, 0.717) is 24.5 Å². The molecule has 0 aliphatic carbocycles. The molecule has 180 valence electrons. The molecule has 0 unspecified atom stereocenters. The van der Waals surface area contributed by atoms with Crippen molar-refractivity contribution in [2.24, 2.45) is 5.10 Å². The molecule has 1 aliphatic heterocycles. The van der Waals surface area contributed by atoms with E-state index >= 15 is 0 Å². The number of ether oxygens (including phenoxy) is 2. The van der Waals surface area contributed by atoms with Gasteiger partial charge in [0.1, 0.15) is 5.75 Å². The molecule has 3 amide bonds. The Hall–Kier alpha value is -3.72. The Morgan fingerprint density at radius 3 is 2.59 bits per heavy atom. The van der Waals surface area contributed by atoms with Crippen LogP contribution in [0.2, 0.25) is 0 Å². The van der Waals surface area contributed by atoms with E-state index in [2.05, 4.69) is 21.2 Å². The van der Waals surface area contributed by atoms with Crippen LogP contribution in [-0.2, 0) is 19.1 Å². The molecule has 1 saturated heterocycles. The second kappa shape index (κ2) is 11.9. The fraction of sp³-hybridized carbons (Fsp3) is 0.360. The molecule has 1 aliphatic rings. The van der Waals surface area contributed by atoms with Crippen LogP contribution in [0.3, 0.4) is 0 Å². The summed E-state index contributed by atoms with van der Waals surface area (Å²) in [5, 5.41) is 9.23. The summed E-state index contributed by atoms with van der Waals surface area (Å²) in [5.74, 6) is -1.43. The van der Waals surface area contributed by atoms with E-state index in [1.165, 1.54) is 6.21 Å². The standard InChI is InChI=1S/C25H30N4O5/c1-16-10-17(2)23(18(3)11-16)28-22(30)15-34-20-7-4-6-19(12-20)13-27-29-25(32)24(31)26-14-21-8-5-9-33-21/h4,6-7,10-13,21H,5,8-9,14-15H2,1-3H3,(H,26,31)(H,28,30)(H,29,32)/b27-13-/t21-/m0/s1. The van der Waals surface area contributed by atoms with Gasteiger partial charge >= 0.3 is 11.8 Å². The Morgan fingerprint density at radius 2 is 1.88 bits per heavy atom. The lowest BCUT2D eigenvalue weighted by Crippen LogP contribution is -2.41. The Labute approximate surface area is 198 Å². The fourth-order valence-corrected chi connectivity index (χ4v) is 3.69. The smallest absolute Gasteiger partial charge is 0.329 e. The average molecular weight is 467 g/mol. The van der Waals surface area contributed by atoms with E-state index in [-0.39, 0.29) is 18.6 Å². The Balaban J connectivity index is 1.45. The second-order valence-corrected chi connectivity index (χ2v) is 8.23. The first-order valence-corrected chi connectivity index (χ1v) is 11.1. The molecular formula is C25H30N4O5. The monoisotopic (exact) mass is 466 g/mol. The van der Waals surface area contributed by atoms with Crippen LogP contribution in [0, 0.1) is 20.8 Å². The molecule has 0 spiro atoms. The number of amides is 3. The Kier molecular flexibility index (Phi) is 8.75.